The van der Waals surface area contributed by atoms with E-state index in [0.717, 1.165) is 5.56 Å². The number of nitrogens with one attached hydrogen (secondary N) is 1. The average molecular weight is 309 g/mol. The molecule has 0 saturated carbocycles. The molecule has 1 aromatic carbocycles. The molecule has 0 unspecified atom stereocenters. The van der Waals surface area contributed by atoms with Gasteiger partial charge in [0.2, 0.25) is 0 Å². The van der Waals surface area contributed by atoms with Crippen LogP contribution in [0.2, 0.25) is 0 Å². The van der Waals surface area contributed by atoms with Crippen molar-refractivity contribution >= 4 is 15.7 Å². The van der Waals surface area contributed by atoms with Crippen molar-refractivity contribution in [2.24, 2.45) is 0 Å². The fourth-order valence-corrected chi connectivity index (χ4v) is 3.29. The van der Waals surface area contributed by atoms with E-state index in [0.29, 0.717) is 24.4 Å². The van der Waals surface area contributed by atoms with E-state index in [-0.39, 0.29) is 4.90 Å². The second kappa shape index (κ2) is 6.28. The van der Waals surface area contributed by atoms with E-state index in [1.54, 1.807) is 37.0 Å². The molecule has 1 aromatic heterocycles. The third-order valence-electron chi connectivity index (χ3n) is 3.04. The van der Waals surface area contributed by atoms with Gasteiger partial charge in [0, 0.05) is 13.3 Å². The lowest BCUT2D eigenvalue weighted by Gasteiger charge is -2.09. The number of benzene rings is 1. The summed E-state index contributed by atoms with van der Waals surface area (Å²) in [5, 5.41) is 4.08. The first-order chi connectivity index (χ1) is 9.92. The summed E-state index contributed by atoms with van der Waals surface area (Å²) in [6, 6.07) is 5.34. The molecule has 114 valence electrons. The molecule has 0 spiro atoms. The highest BCUT2D eigenvalue weighted by Gasteiger charge is 2.17. The third kappa shape index (κ3) is 3.83. The smallest absolute Gasteiger partial charge is 0.262 e. The number of nitrogens with zero attached hydrogens (tertiary/aromatic N) is 2. The van der Waals surface area contributed by atoms with Crippen molar-refractivity contribution in [3.8, 4) is 0 Å². The van der Waals surface area contributed by atoms with Gasteiger partial charge in [-0.3, -0.25) is 9.40 Å². The molecule has 1 N–H and O–H groups in total. The number of sulfonamides is 1. The highest BCUT2D eigenvalue weighted by atomic mass is 32.2. The Morgan fingerprint density at radius 2 is 2.10 bits per heavy atom. The van der Waals surface area contributed by atoms with Gasteiger partial charge in [0.25, 0.3) is 10.0 Å². The zero-order valence-corrected chi connectivity index (χ0v) is 13.1. The van der Waals surface area contributed by atoms with Gasteiger partial charge in [0.1, 0.15) is 0 Å². The van der Waals surface area contributed by atoms with E-state index in [1.807, 2.05) is 13.0 Å². The van der Waals surface area contributed by atoms with Gasteiger partial charge in [-0.05, 0) is 31.0 Å². The number of anilines is 1. The van der Waals surface area contributed by atoms with Gasteiger partial charge in [-0.1, -0.05) is 12.1 Å². The summed E-state index contributed by atoms with van der Waals surface area (Å²) >= 11 is 0. The highest BCUT2D eigenvalue weighted by molar-refractivity contribution is 7.92. The molecule has 2 rings (SSSR count). The Labute approximate surface area is 124 Å². The average Bonchev–Trinajstić information content (AvgIpc) is 2.86. The minimum atomic E-state index is -3.61. The molecular weight excluding hydrogens is 290 g/mol. The van der Waals surface area contributed by atoms with E-state index in [2.05, 4.69) is 9.82 Å². The SMILES string of the molecule is COCCn1cc(NS(=O)(=O)c2cc(C)ccc2C)cn1. The molecule has 0 aliphatic rings. The molecule has 0 aliphatic carbocycles. The molecule has 0 radical (unpaired) electrons. The minimum Gasteiger partial charge on any atom is -0.383 e. The van der Waals surface area contributed by atoms with E-state index >= 15 is 0 Å². The fraction of sp³-hybridized carbons (Fsp3) is 0.357. The minimum absolute atomic E-state index is 0.284. The Kier molecular flexibility index (Phi) is 4.64. The highest BCUT2D eigenvalue weighted by Crippen LogP contribution is 2.20. The molecule has 2 aromatic rings. The predicted octanol–water partition coefficient (Wildman–Crippen LogP) is 1.95. The molecular formula is C14H19N3O3S. The first kappa shape index (κ1) is 15.5. The van der Waals surface area contributed by atoms with Crippen molar-refractivity contribution in [1.82, 2.24) is 9.78 Å². The van der Waals surface area contributed by atoms with Gasteiger partial charge in [-0.25, -0.2) is 8.42 Å². The molecule has 0 fully saturated rings. The molecule has 0 amide bonds. The second-order valence-corrected chi connectivity index (χ2v) is 6.51. The first-order valence-corrected chi connectivity index (χ1v) is 8.02. The maximum atomic E-state index is 12.4. The van der Waals surface area contributed by atoms with E-state index in [9.17, 15) is 8.42 Å². The van der Waals surface area contributed by atoms with Crippen LogP contribution in [0, 0.1) is 13.8 Å². The summed E-state index contributed by atoms with van der Waals surface area (Å²) in [5.41, 5.74) is 2.05. The zero-order chi connectivity index (χ0) is 15.5. The molecule has 0 bridgehead atoms. The van der Waals surface area contributed by atoms with Crippen LogP contribution in [0.25, 0.3) is 0 Å². The number of hydrogen-bond donors (Lipinski definition) is 1. The van der Waals surface area contributed by atoms with Crippen molar-refractivity contribution in [2.45, 2.75) is 25.3 Å². The topological polar surface area (TPSA) is 73.2 Å². The molecule has 0 aliphatic heterocycles. The molecule has 0 atom stereocenters. The van der Waals surface area contributed by atoms with E-state index in [4.69, 9.17) is 4.74 Å². The molecule has 6 nitrogen and oxygen atoms in total. The quantitative estimate of drug-likeness (QED) is 0.885. The maximum absolute atomic E-state index is 12.4. The standard InChI is InChI=1S/C14H19N3O3S/c1-11-4-5-12(2)14(8-11)21(18,19)16-13-9-15-17(10-13)6-7-20-3/h4-5,8-10,16H,6-7H2,1-3H3. The van der Waals surface area contributed by atoms with Crippen molar-refractivity contribution in [1.29, 1.82) is 0 Å². The second-order valence-electron chi connectivity index (χ2n) is 4.86. The van der Waals surface area contributed by atoms with Gasteiger partial charge in [0.15, 0.2) is 0 Å². The summed E-state index contributed by atoms with van der Waals surface area (Å²) in [6.07, 6.45) is 3.13. The summed E-state index contributed by atoms with van der Waals surface area (Å²) < 4.78 is 34.0. The van der Waals surface area contributed by atoms with E-state index < -0.39 is 10.0 Å². The number of hydrogen-bond acceptors (Lipinski definition) is 4. The predicted molar refractivity (Wildman–Crippen MR) is 80.8 cm³/mol. The number of methoxy groups -OCH3 is 1. The zero-order valence-electron chi connectivity index (χ0n) is 12.3. The lowest BCUT2D eigenvalue weighted by Crippen LogP contribution is -2.14. The number of aromatic nitrogens is 2. The van der Waals surface area contributed by atoms with Crippen molar-refractivity contribution < 1.29 is 13.2 Å². The van der Waals surface area contributed by atoms with Crippen LogP contribution in [0.4, 0.5) is 5.69 Å². The Balaban J connectivity index is 2.21. The Morgan fingerprint density at radius 1 is 1.33 bits per heavy atom. The summed E-state index contributed by atoms with van der Waals surface area (Å²) in [7, 11) is -2.00. The third-order valence-corrected chi connectivity index (χ3v) is 4.57. The van der Waals surface area contributed by atoms with Crippen LogP contribution in [0.1, 0.15) is 11.1 Å². The lowest BCUT2D eigenvalue weighted by molar-refractivity contribution is 0.183. The van der Waals surface area contributed by atoms with Crippen LogP contribution in [0.15, 0.2) is 35.5 Å². The number of rotatable bonds is 6. The van der Waals surface area contributed by atoms with Crippen LogP contribution in [0.5, 0.6) is 0 Å². The van der Waals surface area contributed by atoms with Crippen LogP contribution in [-0.4, -0.2) is 31.9 Å². The van der Waals surface area contributed by atoms with Gasteiger partial charge >= 0.3 is 0 Å². The Morgan fingerprint density at radius 3 is 2.81 bits per heavy atom. The Bertz CT molecular complexity index is 723. The lowest BCUT2D eigenvalue weighted by atomic mass is 10.2. The van der Waals surface area contributed by atoms with Crippen LogP contribution in [0.3, 0.4) is 0 Å². The van der Waals surface area contributed by atoms with Gasteiger partial charge in [0.05, 0.1) is 29.9 Å². The molecule has 0 saturated heterocycles. The summed E-state index contributed by atoms with van der Waals surface area (Å²) in [6.45, 7) is 4.73. The van der Waals surface area contributed by atoms with Gasteiger partial charge in [-0.2, -0.15) is 5.10 Å². The maximum Gasteiger partial charge on any atom is 0.262 e. The first-order valence-electron chi connectivity index (χ1n) is 6.54. The van der Waals surface area contributed by atoms with Gasteiger partial charge < -0.3 is 4.74 Å². The molecule has 7 heteroatoms. The number of ether oxygens (including phenoxy) is 1. The van der Waals surface area contributed by atoms with Crippen LogP contribution in [-0.2, 0) is 21.3 Å². The van der Waals surface area contributed by atoms with Gasteiger partial charge in [-0.15, -0.1) is 0 Å². The van der Waals surface area contributed by atoms with Crippen LogP contribution < -0.4 is 4.72 Å². The van der Waals surface area contributed by atoms with Crippen LogP contribution >= 0.6 is 0 Å². The van der Waals surface area contributed by atoms with E-state index in [1.165, 1.54) is 6.20 Å². The molecule has 21 heavy (non-hydrogen) atoms. The summed E-state index contributed by atoms with van der Waals surface area (Å²) in [4.78, 5) is 0.284. The monoisotopic (exact) mass is 309 g/mol. The number of aryl methyl sites for hydroxylation is 2. The largest absolute Gasteiger partial charge is 0.383 e. The summed E-state index contributed by atoms with van der Waals surface area (Å²) in [5.74, 6) is 0. The van der Waals surface area contributed by atoms with Crippen molar-refractivity contribution in [2.75, 3.05) is 18.4 Å². The Hall–Kier alpha value is -1.86. The molecule has 1 heterocycles. The van der Waals surface area contributed by atoms with Crippen molar-refractivity contribution in [3.05, 3.63) is 41.7 Å². The fourth-order valence-electron chi connectivity index (χ4n) is 1.93. The van der Waals surface area contributed by atoms with Crippen molar-refractivity contribution in [3.63, 3.8) is 0 Å². The normalized spacial score (nSPS) is 11.6.